The number of carbonyl (C=O) groups is 1. The molecule has 0 saturated carbocycles. The van der Waals surface area contributed by atoms with Gasteiger partial charge in [0.05, 0.1) is 0 Å². The quantitative estimate of drug-likeness (QED) is 0.781. The highest BCUT2D eigenvalue weighted by Crippen LogP contribution is 2.43. The van der Waals surface area contributed by atoms with E-state index in [1.165, 1.54) is 49.2 Å². The molecule has 5 rings (SSSR count). The maximum Gasteiger partial charge on any atom is 0.253 e. The number of hydrogen-bond donors (Lipinski definition) is 0. The van der Waals surface area contributed by atoms with Crippen molar-refractivity contribution in [1.29, 1.82) is 0 Å². The van der Waals surface area contributed by atoms with Crippen LogP contribution >= 0.6 is 0 Å². The Morgan fingerprint density at radius 2 is 1.76 bits per heavy atom. The topological polar surface area (TPSA) is 36.4 Å². The second-order valence-electron chi connectivity index (χ2n) is 8.70. The van der Waals surface area contributed by atoms with Crippen molar-refractivity contribution in [2.45, 2.75) is 25.7 Å². The molecule has 0 spiro atoms. The monoisotopic (exact) mass is 387 g/mol. The van der Waals surface area contributed by atoms with Crippen molar-refractivity contribution < 1.29 is 4.79 Å². The summed E-state index contributed by atoms with van der Waals surface area (Å²) >= 11 is 0. The second-order valence-corrected chi connectivity index (χ2v) is 8.70. The van der Waals surface area contributed by atoms with Gasteiger partial charge in [-0.15, -0.1) is 0 Å². The number of benzene rings is 1. The Labute approximate surface area is 173 Å². The Morgan fingerprint density at radius 3 is 2.52 bits per heavy atom. The number of allylic oxidation sites excluding steroid dienone is 1. The summed E-state index contributed by atoms with van der Waals surface area (Å²) in [4.78, 5) is 21.4. The third kappa shape index (κ3) is 3.86. The van der Waals surface area contributed by atoms with Gasteiger partial charge in [0.15, 0.2) is 0 Å². The van der Waals surface area contributed by atoms with Gasteiger partial charge >= 0.3 is 0 Å². The minimum absolute atomic E-state index is 0.137. The molecule has 1 aromatic heterocycles. The van der Waals surface area contributed by atoms with Gasteiger partial charge in [0.25, 0.3) is 5.91 Å². The first kappa shape index (κ1) is 18.6. The molecule has 2 aromatic rings. The fourth-order valence-corrected chi connectivity index (χ4v) is 5.22. The van der Waals surface area contributed by atoms with E-state index in [2.05, 4.69) is 40.2 Å². The summed E-state index contributed by atoms with van der Waals surface area (Å²) < 4.78 is 0. The minimum Gasteiger partial charge on any atom is -0.338 e. The van der Waals surface area contributed by atoms with Gasteiger partial charge in [0.2, 0.25) is 0 Å². The zero-order valence-corrected chi connectivity index (χ0v) is 17.0. The van der Waals surface area contributed by atoms with Gasteiger partial charge in [-0.1, -0.05) is 30.3 Å². The van der Waals surface area contributed by atoms with Gasteiger partial charge < -0.3 is 9.80 Å². The van der Waals surface area contributed by atoms with Crippen molar-refractivity contribution in [3.8, 4) is 0 Å². The van der Waals surface area contributed by atoms with Crippen LogP contribution in [0.4, 0.5) is 0 Å². The third-order valence-electron chi connectivity index (χ3n) is 6.90. The molecule has 0 bridgehead atoms. The lowest BCUT2D eigenvalue weighted by Gasteiger charge is -2.18. The van der Waals surface area contributed by atoms with E-state index in [9.17, 15) is 4.79 Å². The highest BCUT2D eigenvalue weighted by molar-refractivity contribution is 5.94. The molecular formula is C25H29N3O. The van der Waals surface area contributed by atoms with Crippen molar-refractivity contribution in [1.82, 2.24) is 14.8 Å². The van der Waals surface area contributed by atoms with Gasteiger partial charge in [-0.2, -0.15) is 0 Å². The van der Waals surface area contributed by atoms with Crippen molar-refractivity contribution >= 4 is 11.5 Å². The van der Waals surface area contributed by atoms with Crippen molar-refractivity contribution in [3.63, 3.8) is 0 Å². The molecule has 2 aliphatic heterocycles. The average Bonchev–Trinajstić information content (AvgIpc) is 3.50. The number of rotatable bonds is 5. The van der Waals surface area contributed by atoms with Gasteiger partial charge in [0, 0.05) is 43.5 Å². The fraction of sp³-hybridized carbons (Fsp3) is 0.440. The minimum atomic E-state index is 0.137. The van der Waals surface area contributed by atoms with Crippen LogP contribution in [0, 0.1) is 11.8 Å². The Bertz CT molecular complexity index is 884. The Morgan fingerprint density at radius 1 is 1.00 bits per heavy atom. The largest absolute Gasteiger partial charge is 0.338 e. The van der Waals surface area contributed by atoms with E-state index < -0.39 is 0 Å². The molecule has 2 atom stereocenters. The lowest BCUT2D eigenvalue weighted by Crippen LogP contribution is -2.29. The number of likely N-dealkylation sites (tertiary alicyclic amines) is 2. The smallest absolute Gasteiger partial charge is 0.253 e. The fourth-order valence-electron chi connectivity index (χ4n) is 5.22. The number of nitrogens with zero attached hydrogens (tertiary/aromatic N) is 3. The van der Waals surface area contributed by atoms with Crippen molar-refractivity contribution in [2.75, 3.05) is 32.7 Å². The predicted octanol–water partition coefficient (Wildman–Crippen LogP) is 3.90. The molecule has 0 radical (unpaired) electrons. The van der Waals surface area contributed by atoms with Crippen LogP contribution in [0.5, 0.6) is 0 Å². The highest BCUT2D eigenvalue weighted by atomic mass is 16.2. The molecule has 1 aliphatic carbocycles. The van der Waals surface area contributed by atoms with Gasteiger partial charge in [-0.3, -0.25) is 9.78 Å². The van der Waals surface area contributed by atoms with Gasteiger partial charge in [0.1, 0.15) is 0 Å². The van der Waals surface area contributed by atoms with E-state index in [1.807, 2.05) is 17.0 Å². The Kier molecular flexibility index (Phi) is 5.19. The van der Waals surface area contributed by atoms with Gasteiger partial charge in [-0.25, -0.2) is 0 Å². The highest BCUT2D eigenvalue weighted by Gasteiger charge is 2.40. The molecule has 3 aliphatic rings. The number of fused-ring (bicyclic) bond motifs is 1. The molecule has 4 heteroatoms. The van der Waals surface area contributed by atoms with Crippen molar-refractivity contribution in [3.05, 3.63) is 71.6 Å². The van der Waals surface area contributed by atoms with E-state index in [1.54, 1.807) is 12.4 Å². The van der Waals surface area contributed by atoms with Crippen LogP contribution < -0.4 is 0 Å². The number of amides is 1. The summed E-state index contributed by atoms with van der Waals surface area (Å²) in [6.45, 7) is 5.40. The number of hydrogen-bond acceptors (Lipinski definition) is 3. The lowest BCUT2D eigenvalue weighted by atomic mass is 9.90. The second kappa shape index (κ2) is 8.11. The first-order valence-corrected chi connectivity index (χ1v) is 11.0. The first-order chi connectivity index (χ1) is 14.3. The van der Waals surface area contributed by atoms with E-state index in [0.29, 0.717) is 11.8 Å². The summed E-state index contributed by atoms with van der Waals surface area (Å²) in [6.07, 6.45) is 10.7. The maximum absolute atomic E-state index is 12.8. The molecule has 1 amide bonds. The summed E-state index contributed by atoms with van der Waals surface area (Å²) in [5, 5.41) is 0. The standard InChI is InChI=1S/C25H29N3O/c29-25(21-9-12-26-13-10-21)28-17-22-7-8-23(24(22)18-28)20-5-3-19(4-6-20)11-16-27-14-1-2-15-27/h3-6,8-10,12-13,22,24H,1-2,7,11,14-18H2/t22-,24+/m1/s1. The van der Waals surface area contributed by atoms with Crippen LogP contribution in [0.1, 0.15) is 40.7 Å². The molecule has 1 aromatic carbocycles. The molecular weight excluding hydrogens is 358 g/mol. The summed E-state index contributed by atoms with van der Waals surface area (Å²) in [6, 6.07) is 12.8. The summed E-state index contributed by atoms with van der Waals surface area (Å²) in [7, 11) is 0. The van der Waals surface area contributed by atoms with Crippen LogP contribution in [-0.4, -0.2) is 53.4 Å². The normalized spacial score (nSPS) is 24.0. The molecule has 4 nitrogen and oxygen atoms in total. The molecule has 0 N–H and O–H groups in total. The summed E-state index contributed by atoms with van der Waals surface area (Å²) in [5.41, 5.74) is 4.94. The number of pyridine rings is 1. The molecule has 2 fully saturated rings. The zero-order chi connectivity index (χ0) is 19.6. The third-order valence-corrected chi connectivity index (χ3v) is 6.90. The zero-order valence-electron chi connectivity index (χ0n) is 17.0. The molecule has 0 unspecified atom stereocenters. The van der Waals surface area contributed by atoms with Gasteiger partial charge in [-0.05, 0) is 73.5 Å². The van der Waals surface area contributed by atoms with Crippen LogP contribution in [-0.2, 0) is 6.42 Å². The Hall–Kier alpha value is -2.46. The Balaban J connectivity index is 1.22. The number of carbonyl (C=O) groups excluding carboxylic acids is 1. The van der Waals surface area contributed by atoms with E-state index in [4.69, 9.17) is 0 Å². The lowest BCUT2D eigenvalue weighted by molar-refractivity contribution is 0.0785. The van der Waals surface area contributed by atoms with Crippen molar-refractivity contribution in [2.24, 2.45) is 11.8 Å². The SMILES string of the molecule is O=C(c1ccncc1)N1C[C@H]2CC=C(c3ccc(CCN4CCCC4)cc3)[C@H]2C1. The first-order valence-electron chi connectivity index (χ1n) is 11.0. The van der Waals surface area contributed by atoms with Crippen LogP contribution in [0.2, 0.25) is 0 Å². The molecule has 3 heterocycles. The van der Waals surface area contributed by atoms with E-state index in [0.717, 1.165) is 31.5 Å². The molecule has 2 saturated heterocycles. The molecule has 150 valence electrons. The number of aromatic nitrogens is 1. The van der Waals surface area contributed by atoms with Crippen LogP contribution in [0.25, 0.3) is 5.57 Å². The average molecular weight is 388 g/mol. The summed E-state index contributed by atoms with van der Waals surface area (Å²) in [5.74, 6) is 1.17. The van der Waals surface area contributed by atoms with E-state index >= 15 is 0 Å². The van der Waals surface area contributed by atoms with Crippen LogP contribution in [0.15, 0.2) is 54.9 Å². The predicted molar refractivity (Wildman–Crippen MR) is 116 cm³/mol. The molecule has 29 heavy (non-hydrogen) atoms. The maximum atomic E-state index is 12.8. The van der Waals surface area contributed by atoms with Crippen LogP contribution in [0.3, 0.4) is 0 Å². The van der Waals surface area contributed by atoms with E-state index in [-0.39, 0.29) is 5.91 Å².